The molecular weight excluding hydrogens is 302 g/mol. The van der Waals surface area contributed by atoms with Gasteiger partial charge in [-0.25, -0.2) is 13.6 Å². The van der Waals surface area contributed by atoms with E-state index in [1.165, 1.54) is 18.2 Å². The lowest BCUT2D eigenvalue weighted by Crippen LogP contribution is -2.12. The Hall–Kier alpha value is -1.97. The molecule has 106 valence electrons. The van der Waals surface area contributed by atoms with Crippen LogP contribution >= 0.6 is 11.3 Å². The standard InChI is InChI=1S/C11H11N3O4S2/c12-20(17,18)10-3-1-2-9(5-10)13-6-8-4-11(14(15)16)19-7-8/h1-5,7,13H,6H2,(H2,12,17,18). The lowest BCUT2D eigenvalue weighted by Gasteiger charge is -2.06. The normalized spacial score (nSPS) is 11.2. The maximum absolute atomic E-state index is 11.2. The van der Waals surface area contributed by atoms with E-state index in [0.717, 1.165) is 16.9 Å². The van der Waals surface area contributed by atoms with E-state index in [0.29, 0.717) is 12.2 Å². The van der Waals surface area contributed by atoms with Gasteiger partial charge in [0.1, 0.15) is 0 Å². The van der Waals surface area contributed by atoms with E-state index in [-0.39, 0.29) is 9.90 Å². The third kappa shape index (κ3) is 3.53. The van der Waals surface area contributed by atoms with Crippen LogP contribution in [-0.4, -0.2) is 13.3 Å². The van der Waals surface area contributed by atoms with Gasteiger partial charge in [-0.2, -0.15) is 0 Å². The van der Waals surface area contributed by atoms with E-state index < -0.39 is 14.9 Å². The maximum Gasteiger partial charge on any atom is 0.324 e. The molecule has 0 radical (unpaired) electrons. The van der Waals surface area contributed by atoms with Gasteiger partial charge in [-0.15, -0.1) is 0 Å². The minimum atomic E-state index is -3.74. The van der Waals surface area contributed by atoms with E-state index in [1.54, 1.807) is 17.5 Å². The van der Waals surface area contributed by atoms with Crippen LogP contribution in [-0.2, 0) is 16.6 Å². The Morgan fingerprint density at radius 1 is 1.35 bits per heavy atom. The second kappa shape index (κ2) is 5.57. The van der Waals surface area contributed by atoms with E-state index in [2.05, 4.69) is 5.32 Å². The molecule has 0 saturated heterocycles. The predicted molar refractivity (Wildman–Crippen MR) is 76.1 cm³/mol. The van der Waals surface area contributed by atoms with Gasteiger partial charge in [-0.3, -0.25) is 10.1 Å². The number of sulfonamides is 1. The zero-order chi connectivity index (χ0) is 14.8. The van der Waals surface area contributed by atoms with Crippen LogP contribution in [0.3, 0.4) is 0 Å². The number of nitrogens with two attached hydrogens (primary N) is 1. The molecule has 1 heterocycles. The van der Waals surface area contributed by atoms with E-state index in [9.17, 15) is 18.5 Å². The van der Waals surface area contributed by atoms with Crippen molar-refractivity contribution in [2.24, 2.45) is 5.14 Å². The molecule has 0 aliphatic carbocycles. The van der Waals surface area contributed by atoms with Gasteiger partial charge < -0.3 is 5.32 Å². The lowest BCUT2D eigenvalue weighted by molar-refractivity contribution is -0.380. The zero-order valence-electron chi connectivity index (χ0n) is 10.1. The van der Waals surface area contributed by atoms with Crippen molar-refractivity contribution in [3.05, 3.63) is 51.4 Å². The first kappa shape index (κ1) is 14.4. The summed E-state index contributed by atoms with van der Waals surface area (Å²) < 4.78 is 22.4. The number of hydrogen-bond donors (Lipinski definition) is 2. The van der Waals surface area contributed by atoms with Gasteiger partial charge in [-0.05, 0) is 23.8 Å². The average Bonchev–Trinajstić information content (AvgIpc) is 2.85. The number of rotatable bonds is 5. The molecule has 0 unspecified atom stereocenters. The van der Waals surface area contributed by atoms with Crippen LogP contribution in [0.5, 0.6) is 0 Å². The Labute approximate surface area is 119 Å². The molecule has 0 fully saturated rings. The molecule has 0 aliphatic heterocycles. The summed E-state index contributed by atoms with van der Waals surface area (Å²) in [5, 5.41) is 20.3. The van der Waals surface area contributed by atoms with E-state index in [1.807, 2.05) is 0 Å². The van der Waals surface area contributed by atoms with Crippen LogP contribution in [0.25, 0.3) is 0 Å². The number of nitro groups is 1. The fourth-order valence-electron chi connectivity index (χ4n) is 1.54. The van der Waals surface area contributed by atoms with Crippen LogP contribution in [0, 0.1) is 10.1 Å². The summed E-state index contributed by atoms with van der Waals surface area (Å²) in [6.07, 6.45) is 0. The molecule has 2 aromatic rings. The zero-order valence-corrected chi connectivity index (χ0v) is 11.8. The number of thiophene rings is 1. The van der Waals surface area contributed by atoms with Crippen molar-refractivity contribution in [1.29, 1.82) is 0 Å². The molecule has 1 aromatic carbocycles. The number of primary sulfonamides is 1. The topological polar surface area (TPSA) is 115 Å². The highest BCUT2D eigenvalue weighted by atomic mass is 32.2. The van der Waals surface area contributed by atoms with Crippen LogP contribution in [0.4, 0.5) is 10.7 Å². The van der Waals surface area contributed by atoms with Gasteiger partial charge in [0.15, 0.2) is 0 Å². The second-order valence-corrected chi connectivity index (χ2v) is 6.43. The first-order chi connectivity index (χ1) is 9.36. The largest absolute Gasteiger partial charge is 0.381 e. The quantitative estimate of drug-likeness (QED) is 0.646. The number of nitrogens with one attached hydrogen (secondary N) is 1. The lowest BCUT2D eigenvalue weighted by atomic mass is 10.3. The fourth-order valence-corrected chi connectivity index (χ4v) is 2.83. The number of benzene rings is 1. The Bertz CT molecular complexity index is 740. The third-order valence-corrected chi connectivity index (χ3v) is 4.32. The van der Waals surface area contributed by atoms with E-state index in [4.69, 9.17) is 5.14 Å². The van der Waals surface area contributed by atoms with Crippen molar-refractivity contribution in [1.82, 2.24) is 0 Å². The smallest absolute Gasteiger partial charge is 0.324 e. The van der Waals surface area contributed by atoms with Crippen LogP contribution in [0.15, 0.2) is 40.6 Å². The highest BCUT2D eigenvalue weighted by molar-refractivity contribution is 7.89. The molecule has 0 saturated carbocycles. The third-order valence-electron chi connectivity index (χ3n) is 2.48. The Morgan fingerprint density at radius 2 is 2.10 bits per heavy atom. The summed E-state index contributed by atoms with van der Waals surface area (Å²) in [6.45, 7) is 0.360. The van der Waals surface area contributed by atoms with Gasteiger partial charge in [0.2, 0.25) is 10.0 Å². The van der Waals surface area contributed by atoms with Gasteiger partial charge in [0.05, 0.1) is 9.82 Å². The Balaban J connectivity index is 2.09. The number of nitrogens with zero attached hydrogens (tertiary/aromatic N) is 1. The molecule has 2 rings (SSSR count). The van der Waals surface area contributed by atoms with Crippen LogP contribution < -0.4 is 10.5 Å². The predicted octanol–water partition coefficient (Wildman–Crippen LogP) is 1.92. The Morgan fingerprint density at radius 3 is 2.70 bits per heavy atom. The molecular formula is C11H11N3O4S2. The maximum atomic E-state index is 11.2. The first-order valence-corrected chi connectivity index (χ1v) is 7.87. The van der Waals surface area contributed by atoms with Gasteiger partial charge in [0, 0.05) is 23.7 Å². The van der Waals surface area contributed by atoms with Crippen molar-refractivity contribution >= 4 is 32.0 Å². The summed E-state index contributed by atoms with van der Waals surface area (Å²) in [6, 6.07) is 7.54. The summed E-state index contributed by atoms with van der Waals surface area (Å²) in [5.41, 5.74) is 1.33. The van der Waals surface area contributed by atoms with Crippen LogP contribution in [0.1, 0.15) is 5.56 Å². The monoisotopic (exact) mass is 313 g/mol. The van der Waals surface area contributed by atoms with Crippen molar-refractivity contribution in [2.75, 3.05) is 5.32 Å². The summed E-state index contributed by atoms with van der Waals surface area (Å²) in [7, 11) is -3.74. The second-order valence-electron chi connectivity index (χ2n) is 3.98. The minimum absolute atomic E-state index is 0.0128. The molecule has 9 heteroatoms. The number of anilines is 1. The van der Waals surface area contributed by atoms with Gasteiger partial charge in [0.25, 0.3) is 0 Å². The number of hydrogen-bond acceptors (Lipinski definition) is 6. The Kier molecular flexibility index (Phi) is 4.02. The van der Waals surface area contributed by atoms with Crippen molar-refractivity contribution in [3.63, 3.8) is 0 Å². The van der Waals surface area contributed by atoms with Crippen molar-refractivity contribution in [3.8, 4) is 0 Å². The summed E-state index contributed by atoms with van der Waals surface area (Å²) in [5.74, 6) is 0. The van der Waals surface area contributed by atoms with Crippen LogP contribution in [0.2, 0.25) is 0 Å². The molecule has 1 aromatic heterocycles. The van der Waals surface area contributed by atoms with E-state index >= 15 is 0 Å². The fraction of sp³-hybridized carbons (Fsp3) is 0.0909. The minimum Gasteiger partial charge on any atom is -0.381 e. The highest BCUT2D eigenvalue weighted by Gasteiger charge is 2.10. The molecule has 0 bridgehead atoms. The molecule has 7 nitrogen and oxygen atoms in total. The summed E-state index contributed by atoms with van der Waals surface area (Å²) >= 11 is 1.05. The van der Waals surface area contributed by atoms with Crippen molar-refractivity contribution in [2.45, 2.75) is 11.4 Å². The summed E-state index contributed by atoms with van der Waals surface area (Å²) in [4.78, 5) is 10.1. The first-order valence-electron chi connectivity index (χ1n) is 5.45. The highest BCUT2D eigenvalue weighted by Crippen LogP contribution is 2.23. The van der Waals surface area contributed by atoms with Gasteiger partial charge in [-0.1, -0.05) is 17.4 Å². The molecule has 0 atom stereocenters. The molecule has 3 N–H and O–H groups in total. The van der Waals surface area contributed by atoms with Gasteiger partial charge >= 0.3 is 5.00 Å². The average molecular weight is 313 g/mol. The SMILES string of the molecule is NS(=O)(=O)c1cccc(NCc2csc([N+](=O)[O-])c2)c1. The van der Waals surface area contributed by atoms with Crippen molar-refractivity contribution < 1.29 is 13.3 Å². The molecule has 0 amide bonds. The molecule has 0 spiro atoms. The molecule has 0 aliphatic rings. The molecule has 20 heavy (non-hydrogen) atoms.